The van der Waals surface area contributed by atoms with Gasteiger partial charge in [-0.05, 0) is 63.9 Å². The molecular formula is C45H30N4. The van der Waals surface area contributed by atoms with Crippen molar-refractivity contribution in [1.82, 2.24) is 19.5 Å². The maximum absolute atomic E-state index is 4.96. The number of hydrogen-bond acceptors (Lipinski definition) is 3. The van der Waals surface area contributed by atoms with Crippen molar-refractivity contribution in [3.05, 3.63) is 182 Å². The fourth-order valence-corrected chi connectivity index (χ4v) is 6.59. The lowest BCUT2D eigenvalue weighted by Crippen LogP contribution is -2.00. The summed E-state index contributed by atoms with van der Waals surface area (Å²) in [6.45, 7) is 0. The average molecular weight is 627 g/mol. The number of aromatic nitrogens is 4. The van der Waals surface area contributed by atoms with Crippen LogP contribution in [0.25, 0.3) is 83.8 Å². The maximum Gasteiger partial charge on any atom is 0.164 e. The standard InChI is InChI=1S/C45H30N4/c1-4-14-31(15-5-1)43-46-44(32-16-6-2-7-17-32)48-45(47-43)38-23-13-21-34(27-38)33-20-12-22-37(26-33)41-30-49(39-24-8-3-9-25-39)42-29-36-19-11-10-18-35(36)28-40(41)42/h1-30H. The Labute approximate surface area is 284 Å². The molecule has 0 amide bonds. The Bertz CT molecular complexity index is 2530. The zero-order chi connectivity index (χ0) is 32.6. The van der Waals surface area contributed by atoms with Gasteiger partial charge in [0.05, 0.1) is 5.52 Å². The molecule has 0 atom stereocenters. The van der Waals surface area contributed by atoms with Crippen molar-refractivity contribution in [2.75, 3.05) is 0 Å². The zero-order valence-electron chi connectivity index (χ0n) is 26.6. The topological polar surface area (TPSA) is 43.6 Å². The van der Waals surface area contributed by atoms with E-state index in [4.69, 9.17) is 15.0 Å². The Morgan fingerprint density at radius 2 is 0.796 bits per heavy atom. The third kappa shape index (κ3) is 5.45. The number of rotatable bonds is 6. The fourth-order valence-electron chi connectivity index (χ4n) is 6.59. The second-order valence-corrected chi connectivity index (χ2v) is 12.2. The van der Waals surface area contributed by atoms with Gasteiger partial charge < -0.3 is 4.57 Å². The molecule has 0 fully saturated rings. The largest absolute Gasteiger partial charge is 0.316 e. The molecule has 7 aromatic carbocycles. The Balaban J connectivity index is 1.16. The monoisotopic (exact) mass is 626 g/mol. The van der Waals surface area contributed by atoms with Crippen LogP contribution in [0.15, 0.2) is 182 Å². The molecule has 2 aromatic heterocycles. The van der Waals surface area contributed by atoms with Crippen LogP contribution < -0.4 is 0 Å². The van der Waals surface area contributed by atoms with Crippen LogP contribution in [0.2, 0.25) is 0 Å². The summed E-state index contributed by atoms with van der Waals surface area (Å²) in [4.78, 5) is 14.8. The van der Waals surface area contributed by atoms with E-state index in [-0.39, 0.29) is 0 Å². The summed E-state index contributed by atoms with van der Waals surface area (Å²) < 4.78 is 2.31. The molecule has 4 nitrogen and oxygen atoms in total. The van der Waals surface area contributed by atoms with Crippen LogP contribution in [-0.4, -0.2) is 19.5 Å². The lowest BCUT2D eigenvalue weighted by atomic mass is 9.97. The molecule has 0 aliphatic rings. The minimum absolute atomic E-state index is 0.642. The molecule has 4 heteroatoms. The van der Waals surface area contributed by atoms with Crippen molar-refractivity contribution >= 4 is 21.7 Å². The van der Waals surface area contributed by atoms with E-state index in [1.165, 1.54) is 27.2 Å². The summed E-state index contributed by atoms with van der Waals surface area (Å²) in [5.41, 5.74) is 9.75. The third-order valence-electron chi connectivity index (χ3n) is 9.03. The first kappa shape index (κ1) is 28.6. The van der Waals surface area contributed by atoms with E-state index in [2.05, 4.69) is 126 Å². The van der Waals surface area contributed by atoms with E-state index in [0.29, 0.717) is 17.5 Å². The number of para-hydroxylation sites is 1. The molecule has 0 saturated carbocycles. The van der Waals surface area contributed by atoms with Crippen molar-refractivity contribution in [2.24, 2.45) is 0 Å². The van der Waals surface area contributed by atoms with Crippen LogP contribution in [-0.2, 0) is 0 Å². The predicted octanol–water partition coefficient (Wildman–Crippen LogP) is 11.3. The Morgan fingerprint density at radius 1 is 0.347 bits per heavy atom. The Kier molecular flexibility index (Phi) is 7.10. The highest BCUT2D eigenvalue weighted by Crippen LogP contribution is 2.37. The van der Waals surface area contributed by atoms with Gasteiger partial charge in [0.15, 0.2) is 17.5 Å². The highest BCUT2D eigenvalue weighted by Gasteiger charge is 2.16. The van der Waals surface area contributed by atoms with Gasteiger partial charge >= 0.3 is 0 Å². The number of fused-ring (bicyclic) bond motifs is 2. The third-order valence-corrected chi connectivity index (χ3v) is 9.03. The van der Waals surface area contributed by atoms with Crippen molar-refractivity contribution < 1.29 is 0 Å². The van der Waals surface area contributed by atoms with E-state index in [1.807, 2.05) is 60.7 Å². The normalized spacial score (nSPS) is 11.3. The lowest BCUT2D eigenvalue weighted by molar-refractivity contribution is 1.07. The van der Waals surface area contributed by atoms with E-state index >= 15 is 0 Å². The molecule has 9 rings (SSSR count). The van der Waals surface area contributed by atoms with Crippen LogP contribution in [0.4, 0.5) is 0 Å². The Hall–Kier alpha value is -6.65. The highest BCUT2D eigenvalue weighted by molar-refractivity contribution is 6.05. The first-order valence-electron chi connectivity index (χ1n) is 16.4. The van der Waals surface area contributed by atoms with Crippen molar-refractivity contribution in [2.45, 2.75) is 0 Å². The van der Waals surface area contributed by atoms with Gasteiger partial charge in [-0.2, -0.15) is 0 Å². The van der Waals surface area contributed by atoms with Crippen LogP contribution in [0.1, 0.15) is 0 Å². The molecule has 0 radical (unpaired) electrons. The average Bonchev–Trinajstić information content (AvgIpc) is 3.56. The van der Waals surface area contributed by atoms with E-state index in [0.717, 1.165) is 39.1 Å². The van der Waals surface area contributed by atoms with Crippen LogP contribution in [0.3, 0.4) is 0 Å². The van der Waals surface area contributed by atoms with Gasteiger partial charge in [-0.1, -0.05) is 140 Å². The van der Waals surface area contributed by atoms with Crippen LogP contribution in [0, 0.1) is 0 Å². The fraction of sp³-hybridized carbons (Fsp3) is 0. The highest BCUT2D eigenvalue weighted by atomic mass is 15.0. The second-order valence-electron chi connectivity index (χ2n) is 12.2. The smallest absolute Gasteiger partial charge is 0.164 e. The van der Waals surface area contributed by atoms with E-state index in [9.17, 15) is 0 Å². The molecule has 0 N–H and O–H groups in total. The number of benzene rings is 7. The van der Waals surface area contributed by atoms with Gasteiger partial charge in [0.1, 0.15) is 0 Å². The lowest BCUT2D eigenvalue weighted by Gasteiger charge is -2.10. The van der Waals surface area contributed by atoms with Gasteiger partial charge in [-0.15, -0.1) is 0 Å². The van der Waals surface area contributed by atoms with Gasteiger partial charge in [0, 0.05) is 39.5 Å². The molecule has 0 bridgehead atoms. The molecular weight excluding hydrogens is 597 g/mol. The molecule has 0 aliphatic heterocycles. The van der Waals surface area contributed by atoms with Gasteiger partial charge in [-0.3, -0.25) is 0 Å². The Morgan fingerprint density at radius 3 is 1.41 bits per heavy atom. The predicted molar refractivity (Wildman–Crippen MR) is 201 cm³/mol. The molecule has 230 valence electrons. The summed E-state index contributed by atoms with van der Waals surface area (Å²) in [5.74, 6) is 1.95. The van der Waals surface area contributed by atoms with Gasteiger partial charge in [-0.25, -0.2) is 15.0 Å². The molecule has 0 spiro atoms. The van der Waals surface area contributed by atoms with Gasteiger partial charge in [0.2, 0.25) is 0 Å². The minimum atomic E-state index is 0.642. The SMILES string of the molecule is c1ccc(-c2nc(-c3ccccc3)nc(-c3cccc(-c4cccc(-c5cn(-c6ccccc6)c6cc7ccccc7cc56)c4)c3)n2)cc1. The quantitative estimate of drug-likeness (QED) is 0.184. The van der Waals surface area contributed by atoms with E-state index in [1.54, 1.807) is 0 Å². The first-order valence-corrected chi connectivity index (χ1v) is 16.4. The number of hydrogen-bond donors (Lipinski definition) is 0. The summed E-state index contributed by atoms with van der Waals surface area (Å²) in [6.07, 6.45) is 2.27. The van der Waals surface area contributed by atoms with E-state index < -0.39 is 0 Å². The summed E-state index contributed by atoms with van der Waals surface area (Å²) in [6, 6.07) is 61.2. The van der Waals surface area contributed by atoms with Crippen molar-refractivity contribution in [3.8, 4) is 62.1 Å². The molecule has 49 heavy (non-hydrogen) atoms. The summed E-state index contributed by atoms with van der Waals surface area (Å²) in [7, 11) is 0. The molecule has 0 unspecified atom stereocenters. The molecule has 9 aromatic rings. The maximum atomic E-state index is 4.96. The second kappa shape index (κ2) is 12.2. The van der Waals surface area contributed by atoms with Crippen molar-refractivity contribution in [3.63, 3.8) is 0 Å². The first-order chi connectivity index (χ1) is 24.3. The molecule has 0 aliphatic carbocycles. The minimum Gasteiger partial charge on any atom is -0.316 e. The summed E-state index contributed by atoms with van der Waals surface area (Å²) in [5, 5.41) is 3.68. The molecule has 0 saturated heterocycles. The molecule has 2 heterocycles. The summed E-state index contributed by atoms with van der Waals surface area (Å²) >= 11 is 0. The number of nitrogens with zero attached hydrogens (tertiary/aromatic N) is 4. The van der Waals surface area contributed by atoms with Crippen LogP contribution >= 0.6 is 0 Å². The van der Waals surface area contributed by atoms with Crippen molar-refractivity contribution in [1.29, 1.82) is 0 Å². The van der Waals surface area contributed by atoms with Gasteiger partial charge in [0.25, 0.3) is 0 Å². The zero-order valence-corrected chi connectivity index (χ0v) is 26.6. The van der Waals surface area contributed by atoms with Crippen LogP contribution in [0.5, 0.6) is 0 Å².